The van der Waals surface area contributed by atoms with Gasteiger partial charge in [-0.3, -0.25) is 19.6 Å². The number of nitrogens with one attached hydrogen (secondary N) is 3. The number of aliphatic carboxylic acids is 1. The Balaban J connectivity index is 1.57. The van der Waals surface area contributed by atoms with Crippen molar-refractivity contribution in [1.82, 2.24) is 10.3 Å². The van der Waals surface area contributed by atoms with Crippen molar-refractivity contribution in [3.8, 4) is 0 Å². The van der Waals surface area contributed by atoms with Gasteiger partial charge in [-0.05, 0) is 36.4 Å². The van der Waals surface area contributed by atoms with Gasteiger partial charge in [0.25, 0.3) is 10.0 Å². The van der Waals surface area contributed by atoms with Crippen LogP contribution in [0, 0.1) is 0 Å². The molecule has 1 amide bonds. The molecule has 3 aromatic rings. The number of carboxylic acid groups (broad SMARTS) is 1. The zero-order chi connectivity index (χ0) is 21.6. The van der Waals surface area contributed by atoms with Crippen molar-refractivity contribution in [2.45, 2.75) is 23.9 Å². The average Bonchev–Trinajstić information content (AvgIpc) is 3.39. The molecule has 0 bridgehead atoms. The van der Waals surface area contributed by atoms with Gasteiger partial charge in [0.2, 0.25) is 5.91 Å². The van der Waals surface area contributed by atoms with Crippen LogP contribution in [0.4, 0.5) is 10.8 Å². The number of nitrogens with zero attached hydrogens (tertiary/aromatic N) is 1. The number of carbonyl (C=O) groups excluding carboxylic acids is 1. The topological polar surface area (TPSA) is 151 Å². The van der Waals surface area contributed by atoms with Gasteiger partial charge < -0.3 is 14.8 Å². The number of sulfonamides is 1. The highest BCUT2D eigenvalue weighted by Crippen LogP contribution is 2.19. The van der Waals surface area contributed by atoms with Crippen LogP contribution in [0.25, 0.3) is 0 Å². The summed E-state index contributed by atoms with van der Waals surface area (Å²) in [5.41, 5.74) is 0.336. The zero-order valence-corrected chi connectivity index (χ0v) is 17.1. The lowest BCUT2D eigenvalue weighted by Crippen LogP contribution is -2.39. The van der Waals surface area contributed by atoms with Crippen LogP contribution in [-0.4, -0.2) is 36.4 Å². The molecule has 3 rings (SSSR count). The molecular weight excluding hydrogens is 432 g/mol. The molecule has 4 N–H and O–H groups in total. The smallest absolute Gasteiger partial charge is 0.321 e. The monoisotopic (exact) mass is 450 g/mol. The number of benzene rings is 1. The van der Waals surface area contributed by atoms with Crippen LogP contribution in [0.3, 0.4) is 0 Å². The van der Waals surface area contributed by atoms with E-state index in [9.17, 15) is 23.1 Å². The van der Waals surface area contributed by atoms with Crippen molar-refractivity contribution in [1.29, 1.82) is 0 Å². The van der Waals surface area contributed by atoms with Crippen molar-refractivity contribution in [3.63, 3.8) is 0 Å². The van der Waals surface area contributed by atoms with Crippen molar-refractivity contribution in [3.05, 3.63) is 60.0 Å². The SMILES string of the molecule is O=C(CC(NCc1ccco1)C(=O)O)Nc1ccc(S(=O)(=O)Nc2nccs2)cc1. The predicted octanol–water partition coefficient (Wildman–Crippen LogP) is 2.11. The summed E-state index contributed by atoms with van der Waals surface area (Å²) in [7, 11) is -3.80. The molecule has 12 heteroatoms. The number of aromatic nitrogens is 1. The van der Waals surface area contributed by atoms with E-state index >= 15 is 0 Å². The molecular formula is C18H18N4O6S2. The summed E-state index contributed by atoms with van der Waals surface area (Å²) in [5.74, 6) is -1.16. The normalized spacial score (nSPS) is 12.3. The van der Waals surface area contributed by atoms with Crippen LogP contribution < -0.4 is 15.4 Å². The number of amides is 1. The van der Waals surface area contributed by atoms with Gasteiger partial charge in [0.15, 0.2) is 5.13 Å². The fourth-order valence-electron chi connectivity index (χ4n) is 2.45. The molecule has 0 aliphatic heterocycles. The summed E-state index contributed by atoms with van der Waals surface area (Å²) in [6.07, 6.45) is 2.63. The summed E-state index contributed by atoms with van der Waals surface area (Å²) in [4.78, 5) is 27.5. The van der Waals surface area contributed by atoms with Gasteiger partial charge >= 0.3 is 5.97 Å². The lowest BCUT2D eigenvalue weighted by atomic mass is 10.2. The first-order chi connectivity index (χ1) is 14.3. The maximum absolute atomic E-state index is 12.3. The largest absolute Gasteiger partial charge is 0.480 e. The highest BCUT2D eigenvalue weighted by atomic mass is 32.2. The van der Waals surface area contributed by atoms with Crippen LogP contribution in [0.1, 0.15) is 12.2 Å². The lowest BCUT2D eigenvalue weighted by molar-refractivity contribution is -0.141. The Morgan fingerprint density at radius 2 is 1.97 bits per heavy atom. The van der Waals surface area contributed by atoms with Crippen molar-refractivity contribution in [2.24, 2.45) is 0 Å². The van der Waals surface area contributed by atoms with E-state index < -0.39 is 27.9 Å². The Morgan fingerprint density at radius 3 is 2.57 bits per heavy atom. The molecule has 2 aromatic heterocycles. The fourth-order valence-corrected chi connectivity index (χ4v) is 4.24. The average molecular weight is 450 g/mol. The van der Waals surface area contributed by atoms with E-state index in [1.54, 1.807) is 17.5 Å². The molecule has 1 atom stereocenters. The number of anilines is 2. The molecule has 158 valence electrons. The Labute approximate surface area is 176 Å². The van der Waals surface area contributed by atoms with Gasteiger partial charge in [-0.1, -0.05) is 0 Å². The molecule has 10 nitrogen and oxygen atoms in total. The van der Waals surface area contributed by atoms with E-state index in [0.717, 1.165) is 11.3 Å². The molecule has 0 saturated carbocycles. The number of hydrogen-bond acceptors (Lipinski definition) is 8. The Bertz CT molecular complexity index is 1080. The highest BCUT2D eigenvalue weighted by molar-refractivity contribution is 7.93. The maximum atomic E-state index is 12.3. The minimum Gasteiger partial charge on any atom is -0.480 e. The minimum atomic E-state index is -3.80. The number of carboxylic acids is 1. The standard InChI is InChI=1S/C18H18N4O6S2/c23-16(10-15(17(24)25)20-11-13-2-1-8-28-13)21-12-3-5-14(6-4-12)30(26,27)22-18-19-7-9-29-18/h1-9,15,20H,10-11H2,(H,19,22)(H,21,23)(H,24,25). The van der Waals surface area contributed by atoms with Crippen LogP contribution >= 0.6 is 11.3 Å². The van der Waals surface area contributed by atoms with Crippen LogP contribution in [0.2, 0.25) is 0 Å². The van der Waals surface area contributed by atoms with Gasteiger partial charge in [-0.2, -0.15) is 0 Å². The highest BCUT2D eigenvalue weighted by Gasteiger charge is 2.21. The van der Waals surface area contributed by atoms with E-state index in [1.807, 2.05) is 0 Å². The Hall–Kier alpha value is -3.22. The molecule has 0 spiro atoms. The third-order valence-electron chi connectivity index (χ3n) is 3.89. The molecule has 0 radical (unpaired) electrons. The number of furan rings is 1. The summed E-state index contributed by atoms with van der Waals surface area (Å²) >= 11 is 1.15. The van der Waals surface area contributed by atoms with Crippen molar-refractivity contribution < 1.29 is 27.5 Å². The first-order valence-corrected chi connectivity index (χ1v) is 11.0. The molecule has 0 saturated heterocycles. The van der Waals surface area contributed by atoms with Crippen LogP contribution in [-0.2, 0) is 26.2 Å². The molecule has 0 aliphatic carbocycles. The Kier molecular flexibility index (Phi) is 6.82. The van der Waals surface area contributed by atoms with Crippen molar-refractivity contribution in [2.75, 3.05) is 10.0 Å². The summed E-state index contributed by atoms with van der Waals surface area (Å²) in [6, 6.07) is 7.74. The van der Waals surface area contributed by atoms with Crippen molar-refractivity contribution >= 4 is 44.1 Å². The van der Waals surface area contributed by atoms with Gasteiger partial charge in [-0.15, -0.1) is 11.3 Å². The van der Waals surface area contributed by atoms with Crippen LogP contribution in [0.5, 0.6) is 0 Å². The lowest BCUT2D eigenvalue weighted by Gasteiger charge is -2.14. The number of carbonyl (C=O) groups is 2. The van der Waals surface area contributed by atoms with E-state index in [2.05, 4.69) is 20.3 Å². The third-order valence-corrected chi connectivity index (χ3v) is 6.07. The second-order valence-corrected chi connectivity index (χ2v) is 8.65. The third kappa shape index (κ3) is 5.89. The molecule has 0 fully saturated rings. The molecule has 1 aromatic carbocycles. The molecule has 0 aliphatic rings. The summed E-state index contributed by atoms with van der Waals surface area (Å²) in [5, 5.41) is 16.5. The molecule has 2 heterocycles. The first kappa shape index (κ1) is 21.5. The second kappa shape index (κ2) is 9.52. The predicted molar refractivity (Wildman–Crippen MR) is 110 cm³/mol. The molecule has 30 heavy (non-hydrogen) atoms. The van der Waals surface area contributed by atoms with Gasteiger partial charge in [-0.25, -0.2) is 13.4 Å². The van der Waals surface area contributed by atoms with Crippen LogP contribution in [0.15, 0.2) is 63.6 Å². The van der Waals surface area contributed by atoms with E-state index in [-0.39, 0.29) is 23.0 Å². The van der Waals surface area contributed by atoms with Gasteiger partial charge in [0.1, 0.15) is 11.8 Å². The minimum absolute atomic E-state index is 0.000717. The summed E-state index contributed by atoms with van der Waals surface area (Å²) < 4.78 is 32.1. The van der Waals surface area contributed by atoms with Gasteiger partial charge in [0.05, 0.1) is 24.1 Å². The first-order valence-electron chi connectivity index (χ1n) is 8.64. The van der Waals surface area contributed by atoms with E-state index in [4.69, 9.17) is 4.42 Å². The quantitative estimate of drug-likeness (QED) is 0.367. The number of rotatable bonds is 10. The van der Waals surface area contributed by atoms with E-state index in [0.29, 0.717) is 11.4 Å². The number of hydrogen-bond donors (Lipinski definition) is 4. The maximum Gasteiger partial charge on any atom is 0.321 e. The van der Waals surface area contributed by atoms with E-state index in [1.165, 1.54) is 36.7 Å². The summed E-state index contributed by atoms with van der Waals surface area (Å²) in [6.45, 7) is 0.163. The van der Waals surface area contributed by atoms with Gasteiger partial charge in [0, 0.05) is 17.3 Å². The fraction of sp³-hybridized carbons (Fsp3) is 0.167. The Morgan fingerprint density at radius 1 is 1.20 bits per heavy atom. The number of thiazole rings is 1. The molecule has 1 unspecified atom stereocenters. The second-order valence-electron chi connectivity index (χ2n) is 6.07. The zero-order valence-electron chi connectivity index (χ0n) is 15.4.